The van der Waals surface area contributed by atoms with Crippen molar-refractivity contribution in [3.05, 3.63) is 23.8 Å². The lowest BCUT2D eigenvalue weighted by atomic mass is 10.1. The Bertz CT molecular complexity index is 748. The number of urea groups is 1. The molecule has 0 aromatic heterocycles. The summed E-state index contributed by atoms with van der Waals surface area (Å²) in [6.07, 6.45) is 1.76. The molecular weight excluding hydrogens is 328 g/mol. The van der Waals surface area contributed by atoms with E-state index in [1.54, 1.807) is 12.1 Å². The van der Waals surface area contributed by atoms with E-state index < -0.39 is 24.5 Å². The van der Waals surface area contributed by atoms with Crippen molar-refractivity contribution in [2.24, 2.45) is 0 Å². The highest BCUT2D eigenvalue weighted by Gasteiger charge is 2.36. The Morgan fingerprint density at radius 2 is 2.16 bits per heavy atom. The van der Waals surface area contributed by atoms with E-state index in [-0.39, 0.29) is 17.5 Å². The summed E-state index contributed by atoms with van der Waals surface area (Å²) in [6.45, 7) is 0.221. The third kappa shape index (κ3) is 3.39. The summed E-state index contributed by atoms with van der Waals surface area (Å²) in [7, 11) is 1.36. The average molecular weight is 346 g/mol. The fraction of sp³-hybridized carbons (Fsp3) is 0.375. The van der Waals surface area contributed by atoms with Gasteiger partial charge in [0.25, 0.3) is 5.91 Å². The first-order valence-corrected chi connectivity index (χ1v) is 7.90. The van der Waals surface area contributed by atoms with Gasteiger partial charge in [0, 0.05) is 13.6 Å². The standard InChI is InChI=1S/C16H18N4O5/c1-17-16(24)19-13(21)8-25-15(23)9-4-5-11-10(7-9)18-14(22)12-3-2-6-20(11)12/h4-5,7,12H,2-3,6,8H2,1H3,(H,18,22)(H2,17,19,21,24)/t12-/m1/s1. The number of amides is 4. The Balaban J connectivity index is 1.67. The van der Waals surface area contributed by atoms with E-state index in [1.165, 1.54) is 13.1 Å². The fourth-order valence-corrected chi connectivity index (χ4v) is 3.00. The molecule has 25 heavy (non-hydrogen) atoms. The summed E-state index contributed by atoms with van der Waals surface area (Å²) >= 11 is 0. The Morgan fingerprint density at radius 3 is 2.92 bits per heavy atom. The molecule has 1 atom stereocenters. The van der Waals surface area contributed by atoms with Crippen LogP contribution in [0, 0.1) is 0 Å². The predicted molar refractivity (Wildman–Crippen MR) is 88.3 cm³/mol. The second kappa shape index (κ2) is 6.80. The Labute approximate surface area is 143 Å². The monoisotopic (exact) mass is 346 g/mol. The summed E-state index contributed by atoms with van der Waals surface area (Å²) < 4.78 is 4.88. The van der Waals surface area contributed by atoms with Crippen LogP contribution in [0.2, 0.25) is 0 Å². The molecule has 9 nitrogen and oxygen atoms in total. The van der Waals surface area contributed by atoms with E-state index in [1.807, 2.05) is 10.2 Å². The van der Waals surface area contributed by atoms with Crippen LogP contribution >= 0.6 is 0 Å². The van der Waals surface area contributed by atoms with Gasteiger partial charge in [0.1, 0.15) is 6.04 Å². The van der Waals surface area contributed by atoms with E-state index in [9.17, 15) is 19.2 Å². The number of anilines is 2. The van der Waals surface area contributed by atoms with Gasteiger partial charge in [-0.25, -0.2) is 9.59 Å². The minimum Gasteiger partial charge on any atom is -0.452 e. The van der Waals surface area contributed by atoms with Gasteiger partial charge in [-0.15, -0.1) is 0 Å². The zero-order chi connectivity index (χ0) is 18.0. The maximum absolute atomic E-state index is 12.1. The van der Waals surface area contributed by atoms with Crippen molar-refractivity contribution in [1.82, 2.24) is 10.6 Å². The van der Waals surface area contributed by atoms with Gasteiger partial charge in [-0.05, 0) is 31.0 Å². The van der Waals surface area contributed by atoms with Crippen LogP contribution in [0.4, 0.5) is 16.2 Å². The van der Waals surface area contributed by atoms with E-state index in [0.717, 1.165) is 25.1 Å². The van der Waals surface area contributed by atoms with Crippen molar-refractivity contribution in [3.63, 3.8) is 0 Å². The quantitative estimate of drug-likeness (QED) is 0.674. The van der Waals surface area contributed by atoms with Crippen molar-refractivity contribution in [2.45, 2.75) is 18.9 Å². The van der Waals surface area contributed by atoms with Gasteiger partial charge < -0.3 is 20.3 Å². The summed E-state index contributed by atoms with van der Waals surface area (Å²) in [5, 5.41) is 7.01. The summed E-state index contributed by atoms with van der Waals surface area (Å²) in [6, 6.07) is 4.04. The van der Waals surface area contributed by atoms with E-state index in [0.29, 0.717) is 5.69 Å². The normalized spacial score (nSPS) is 17.9. The fourth-order valence-electron chi connectivity index (χ4n) is 3.00. The number of hydrogen-bond acceptors (Lipinski definition) is 6. The van der Waals surface area contributed by atoms with Crippen LogP contribution < -0.4 is 20.9 Å². The van der Waals surface area contributed by atoms with Gasteiger partial charge in [-0.3, -0.25) is 14.9 Å². The molecule has 1 aromatic rings. The van der Waals surface area contributed by atoms with Gasteiger partial charge in [0.15, 0.2) is 6.61 Å². The number of imide groups is 1. The van der Waals surface area contributed by atoms with Crippen molar-refractivity contribution in [2.75, 3.05) is 30.4 Å². The van der Waals surface area contributed by atoms with Gasteiger partial charge in [0.05, 0.1) is 16.9 Å². The van der Waals surface area contributed by atoms with Crippen molar-refractivity contribution < 1.29 is 23.9 Å². The molecule has 0 bridgehead atoms. The zero-order valence-corrected chi connectivity index (χ0v) is 13.6. The molecule has 0 radical (unpaired) electrons. The highest BCUT2D eigenvalue weighted by atomic mass is 16.5. The number of fused-ring (bicyclic) bond motifs is 3. The van der Waals surface area contributed by atoms with Crippen molar-refractivity contribution in [3.8, 4) is 0 Å². The molecular formula is C16H18N4O5. The summed E-state index contributed by atoms with van der Waals surface area (Å²) in [4.78, 5) is 48.6. The van der Waals surface area contributed by atoms with Crippen LogP contribution in [0.25, 0.3) is 0 Å². The second-order valence-electron chi connectivity index (χ2n) is 5.78. The Kier molecular flexibility index (Phi) is 4.55. The number of hydrogen-bond donors (Lipinski definition) is 3. The molecule has 1 aromatic carbocycles. The smallest absolute Gasteiger partial charge is 0.338 e. The molecule has 1 saturated heterocycles. The molecule has 0 unspecified atom stereocenters. The molecule has 4 amide bonds. The number of ether oxygens (including phenoxy) is 1. The molecule has 132 valence electrons. The molecule has 1 fully saturated rings. The Hall–Kier alpha value is -3.10. The van der Waals surface area contributed by atoms with Crippen LogP contribution in [0.1, 0.15) is 23.2 Å². The number of carbonyl (C=O) groups is 4. The number of nitrogens with one attached hydrogen (secondary N) is 3. The van der Waals surface area contributed by atoms with Gasteiger partial charge in [-0.2, -0.15) is 0 Å². The average Bonchev–Trinajstić information content (AvgIpc) is 3.09. The highest BCUT2D eigenvalue weighted by Crippen LogP contribution is 2.37. The number of carbonyl (C=O) groups excluding carboxylic acids is 4. The van der Waals surface area contributed by atoms with Crippen LogP contribution in [-0.2, 0) is 14.3 Å². The Morgan fingerprint density at radius 1 is 1.36 bits per heavy atom. The van der Waals surface area contributed by atoms with Gasteiger partial charge in [-0.1, -0.05) is 0 Å². The first kappa shape index (κ1) is 16.7. The van der Waals surface area contributed by atoms with E-state index in [2.05, 4.69) is 10.6 Å². The lowest BCUT2D eigenvalue weighted by Crippen LogP contribution is -2.43. The SMILES string of the molecule is CNC(=O)NC(=O)COC(=O)c1ccc2c(c1)NC(=O)[C@H]1CCCN21. The number of rotatable bonds is 3. The molecule has 0 spiro atoms. The lowest BCUT2D eigenvalue weighted by molar-refractivity contribution is -0.123. The first-order valence-electron chi connectivity index (χ1n) is 7.90. The van der Waals surface area contributed by atoms with Crippen molar-refractivity contribution >= 4 is 35.2 Å². The molecule has 9 heteroatoms. The molecule has 0 saturated carbocycles. The van der Waals surface area contributed by atoms with Crippen LogP contribution in [0.15, 0.2) is 18.2 Å². The predicted octanol–water partition coefficient (Wildman–Crippen LogP) is 0.220. The molecule has 0 aliphatic carbocycles. The molecule has 2 aliphatic rings. The molecule has 3 rings (SSSR count). The minimum absolute atomic E-state index is 0.0829. The maximum Gasteiger partial charge on any atom is 0.338 e. The lowest BCUT2D eigenvalue weighted by Gasteiger charge is -2.33. The molecule has 3 N–H and O–H groups in total. The molecule has 2 heterocycles. The zero-order valence-electron chi connectivity index (χ0n) is 13.6. The van der Waals surface area contributed by atoms with Crippen LogP contribution in [0.5, 0.6) is 0 Å². The topological polar surface area (TPSA) is 117 Å². The van der Waals surface area contributed by atoms with E-state index in [4.69, 9.17) is 4.74 Å². The first-order chi connectivity index (χ1) is 12.0. The maximum atomic E-state index is 12.1. The summed E-state index contributed by atoms with van der Waals surface area (Å²) in [5.41, 5.74) is 1.63. The van der Waals surface area contributed by atoms with E-state index >= 15 is 0 Å². The minimum atomic E-state index is -0.737. The largest absolute Gasteiger partial charge is 0.452 e. The number of nitrogens with zero attached hydrogens (tertiary/aromatic N) is 1. The number of esters is 1. The van der Waals surface area contributed by atoms with Gasteiger partial charge >= 0.3 is 12.0 Å². The van der Waals surface area contributed by atoms with Crippen molar-refractivity contribution in [1.29, 1.82) is 0 Å². The number of benzene rings is 1. The van der Waals surface area contributed by atoms with Gasteiger partial charge in [0.2, 0.25) is 5.91 Å². The molecule has 2 aliphatic heterocycles. The second-order valence-corrected chi connectivity index (χ2v) is 5.78. The van der Waals surface area contributed by atoms with Crippen LogP contribution in [0.3, 0.4) is 0 Å². The van der Waals surface area contributed by atoms with Crippen LogP contribution in [-0.4, -0.2) is 50.1 Å². The third-order valence-electron chi connectivity index (χ3n) is 4.17. The third-order valence-corrected chi connectivity index (χ3v) is 4.17. The summed E-state index contributed by atoms with van der Waals surface area (Å²) in [5.74, 6) is -1.54. The highest BCUT2D eigenvalue weighted by molar-refractivity contribution is 6.05.